The topological polar surface area (TPSA) is 78.9 Å². The Kier molecular flexibility index (Phi) is 6.82. The van der Waals surface area contributed by atoms with Gasteiger partial charge in [0, 0.05) is 16.1 Å². The van der Waals surface area contributed by atoms with E-state index in [1.54, 1.807) is 42.5 Å². The highest BCUT2D eigenvalue weighted by Crippen LogP contribution is 2.19. The summed E-state index contributed by atoms with van der Waals surface area (Å²) in [4.78, 5) is 44.7. The van der Waals surface area contributed by atoms with E-state index in [9.17, 15) is 18.8 Å². The van der Waals surface area contributed by atoms with Gasteiger partial charge in [0.2, 0.25) is 0 Å². The van der Waals surface area contributed by atoms with Crippen molar-refractivity contribution < 1.29 is 9.18 Å². The van der Waals surface area contributed by atoms with Crippen molar-refractivity contribution >= 4 is 28.5 Å². The van der Waals surface area contributed by atoms with E-state index in [2.05, 4.69) is 18.8 Å². The summed E-state index contributed by atoms with van der Waals surface area (Å²) in [5.41, 5.74) is 1.05. The zero-order chi connectivity index (χ0) is 27.0. The molecule has 0 fully saturated rings. The minimum Gasteiger partial charge on any atom is -0.317 e. The lowest BCUT2D eigenvalue weighted by Gasteiger charge is -2.14. The number of nitrogens with zero attached hydrogens (tertiary/aromatic N) is 4. The summed E-state index contributed by atoms with van der Waals surface area (Å²) in [5.74, 6) is -0.507. The first-order valence-electron chi connectivity index (χ1n) is 12.1. The Morgan fingerprint density at radius 2 is 1.66 bits per heavy atom. The van der Waals surface area contributed by atoms with Crippen molar-refractivity contribution in [1.82, 2.24) is 18.7 Å². The van der Waals surface area contributed by atoms with Gasteiger partial charge in [0.1, 0.15) is 5.82 Å². The van der Waals surface area contributed by atoms with Crippen molar-refractivity contribution in [3.63, 3.8) is 0 Å². The van der Waals surface area contributed by atoms with E-state index in [0.717, 1.165) is 10.1 Å². The Balaban J connectivity index is 1.70. The van der Waals surface area contributed by atoms with E-state index in [1.165, 1.54) is 33.7 Å². The molecule has 5 rings (SSSR count). The monoisotopic (exact) mass is 530 g/mol. The first-order valence-corrected chi connectivity index (χ1v) is 12.5. The third-order valence-corrected chi connectivity index (χ3v) is 6.74. The molecule has 0 amide bonds. The summed E-state index contributed by atoms with van der Waals surface area (Å²) in [5, 5.41) is 0.498. The fraction of sp³-hybridized carbons (Fsp3) is 0.172. The van der Waals surface area contributed by atoms with E-state index >= 15 is 0 Å². The molecule has 2 heterocycles. The molecule has 0 aliphatic heterocycles. The van der Waals surface area contributed by atoms with Crippen LogP contribution in [0.25, 0.3) is 16.9 Å². The molecule has 2 aromatic heterocycles. The maximum Gasteiger partial charge on any atom is 0.337 e. The lowest BCUT2D eigenvalue weighted by atomic mass is 10.0. The van der Waals surface area contributed by atoms with Crippen LogP contribution in [0, 0.1) is 5.82 Å². The number of Topliss-reactive ketones (excluding diaryl/α,β-unsaturated/α-hetero) is 1. The Bertz CT molecular complexity index is 1770. The molecule has 0 aliphatic carbocycles. The second-order valence-corrected chi connectivity index (χ2v) is 9.76. The fourth-order valence-electron chi connectivity index (χ4n) is 4.36. The number of benzene rings is 3. The highest BCUT2D eigenvalue weighted by Gasteiger charge is 2.21. The highest BCUT2D eigenvalue weighted by molar-refractivity contribution is 6.30. The van der Waals surface area contributed by atoms with Crippen LogP contribution in [0.15, 0.2) is 88.7 Å². The molecule has 192 valence electrons. The Labute approximate surface area is 222 Å². The normalized spacial score (nSPS) is 11.4. The average Bonchev–Trinajstić information content (AvgIpc) is 3.31. The zero-order valence-electron chi connectivity index (χ0n) is 20.8. The van der Waals surface area contributed by atoms with Gasteiger partial charge in [-0.15, -0.1) is 0 Å². The van der Waals surface area contributed by atoms with Gasteiger partial charge >= 0.3 is 5.69 Å². The summed E-state index contributed by atoms with van der Waals surface area (Å²) >= 11 is 5.94. The van der Waals surface area contributed by atoms with Gasteiger partial charge < -0.3 is 4.57 Å². The van der Waals surface area contributed by atoms with E-state index < -0.39 is 17.1 Å². The second-order valence-electron chi connectivity index (χ2n) is 9.32. The number of hydrogen-bond donors (Lipinski definition) is 0. The summed E-state index contributed by atoms with van der Waals surface area (Å²) in [6.07, 6.45) is 1.37. The molecule has 0 radical (unpaired) electrons. The Morgan fingerprint density at radius 3 is 2.32 bits per heavy atom. The van der Waals surface area contributed by atoms with Crippen LogP contribution in [0.1, 0.15) is 41.3 Å². The maximum absolute atomic E-state index is 14.5. The van der Waals surface area contributed by atoms with Crippen molar-refractivity contribution in [3.05, 3.63) is 127 Å². The fourth-order valence-corrected chi connectivity index (χ4v) is 4.48. The van der Waals surface area contributed by atoms with Crippen LogP contribution >= 0.6 is 11.6 Å². The first kappa shape index (κ1) is 25.4. The molecule has 0 unspecified atom stereocenters. The maximum atomic E-state index is 14.5. The van der Waals surface area contributed by atoms with Crippen LogP contribution < -0.4 is 11.2 Å². The van der Waals surface area contributed by atoms with Gasteiger partial charge in [0.05, 0.1) is 25.1 Å². The standard InChI is InChI=1S/C29H24ClFN4O3/c1-18(2)19-9-13-23(14-10-19)35-27-26(28(37)34(29(35)38)15-21-5-3-4-6-24(21)31)33(17-32-27)16-25(36)20-7-11-22(30)12-8-20/h3-14,17-18H,15-16H2,1-2H3. The molecule has 7 nitrogen and oxygen atoms in total. The highest BCUT2D eigenvalue weighted by atomic mass is 35.5. The molecule has 0 bridgehead atoms. The molecule has 3 aromatic carbocycles. The second kappa shape index (κ2) is 10.2. The molecular formula is C29H24ClFN4O3. The Morgan fingerprint density at radius 1 is 0.974 bits per heavy atom. The van der Waals surface area contributed by atoms with Gasteiger partial charge in [-0.2, -0.15) is 0 Å². The first-order chi connectivity index (χ1) is 18.2. The molecule has 0 saturated carbocycles. The molecule has 0 atom stereocenters. The molecule has 0 N–H and O–H groups in total. The minimum atomic E-state index is -0.662. The number of ketones is 1. The number of aromatic nitrogens is 4. The van der Waals surface area contributed by atoms with Gasteiger partial charge in [-0.1, -0.05) is 55.8 Å². The number of rotatable bonds is 7. The molecule has 5 aromatic rings. The summed E-state index contributed by atoms with van der Waals surface area (Å²) in [7, 11) is 0. The summed E-state index contributed by atoms with van der Waals surface area (Å²) in [6, 6.07) is 19.8. The third kappa shape index (κ3) is 4.70. The molecule has 9 heteroatoms. The van der Waals surface area contributed by atoms with Crippen LogP contribution in [0.4, 0.5) is 4.39 Å². The van der Waals surface area contributed by atoms with E-state index in [1.807, 2.05) is 12.1 Å². The number of fused-ring (bicyclic) bond motifs is 1. The van der Waals surface area contributed by atoms with E-state index in [0.29, 0.717) is 16.3 Å². The smallest absolute Gasteiger partial charge is 0.317 e. The lowest BCUT2D eigenvalue weighted by molar-refractivity contribution is 0.0973. The van der Waals surface area contributed by atoms with Gasteiger partial charge in [-0.05, 0) is 53.9 Å². The third-order valence-electron chi connectivity index (χ3n) is 6.48. The van der Waals surface area contributed by atoms with E-state index in [-0.39, 0.29) is 41.5 Å². The van der Waals surface area contributed by atoms with Crippen molar-refractivity contribution in [2.24, 2.45) is 0 Å². The largest absolute Gasteiger partial charge is 0.337 e. The molecule has 38 heavy (non-hydrogen) atoms. The van der Waals surface area contributed by atoms with E-state index in [4.69, 9.17) is 11.6 Å². The van der Waals surface area contributed by atoms with Crippen molar-refractivity contribution in [2.45, 2.75) is 32.9 Å². The number of imidazole rings is 1. The average molecular weight is 531 g/mol. The number of halogens is 2. The van der Waals surface area contributed by atoms with Gasteiger partial charge in [-0.25, -0.2) is 18.7 Å². The quantitative estimate of drug-likeness (QED) is 0.271. The lowest BCUT2D eigenvalue weighted by Crippen LogP contribution is -2.40. The van der Waals surface area contributed by atoms with Gasteiger partial charge in [0.25, 0.3) is 5.56 Å². The van der Waals surface area contributed by atoms with Crippen LogP contribution in [0.5, 0.6) is 0 Å². The van der Waals surface area contributed by atoms with Crippen LogP contribution in [-0.2, 0) is 13.1 Å². The summed E-state index contributed by atoms with van der Waals surface area (Å²) < 4.78 is 18.2. The molecule has 0 spiro atoms. The number of carbonyl (C=O) groups is 1. The van der Waals surface area contributed by atoms with Crippen molar-refractivity contribution in [2.75, 3.05) is 0 Å². The van der Waals surface area contributed by atoms with Gasteiger partial charge in [0.15, 0.2) is 16.9 Å². The summed E-state index contributed by atoms with van der Waals surface area (Å²) in [6.45, 7) is 3.67. The zero-order valence-corrected chi connectivity index (χ0v) is 21.5. The van der Waals surface area contributed by atoms with Crippen molar-refractivity contribution in [3.8, 4) is 5.69 Å². The Hall–Kier alpha value is -4.30. The molecule has 0 saturated heterocycles. The van der Waals surface area contributed by atoms with Crippen LogP contribution in [0.2, 0.25) is 5.02 Å². The van der Waals surface area contributed by atoms with Crippen LogP contribution in [-0.4, -0.2) is 24.5 Å². The molecule has 0 aliphatic rings. The number of carbonyl (C=O) groups excluding carboxylic acids is 1. The minimum absolute atomic E-state index is 0.0659. The SMILES string of the molecule is CC(C)c1ccc(-n2c(=O)n(Cc3ccccc3F)c(=O)c3c2ncn3CC(=O)c2ccc(Cl)cc2)cc1. The van der Waals surface area contributed by atoms with Crippen LogP contribution in [0.3, 0.4) is 0 Å². The molecular weight excluding hydrogens is 507 g/mol. The predicted molar refractivity (Wildman–Crippen MR) is 145 cm³/mol. The van der Waals surface area contributed by atoms with Crippen molar-refractivity contribution in [1.29, 1.82) is 0 Å². The number of hydrogen-bond acceptors (Lipinski definition) is 4. The predicted octanol–water partition coefficient (Wildman–Crippen LogP) is 5.20. The van der Waals surface area contributed by atoms with Gasteiger partial charge in [-0.3, -0.25) is 14.2 Å².